The van der Waals surface area contributed by atoms with Crippen molar-refractivity contribution < 1.29 is 9.53 Å². The molecule has 1 saturated heterocycles. The van der Waals surface area contributed by atoms with Gasteiger partial charge in [-0.15, -0.1) is 0 Å². The van der Waals surface area contributed by atoms with Crippen LogP contribution >= 0.6 is 0 Å². The van der Waals surface area contributed by atoms with E-state index in [0.717, 1.165) is 25.8 Å². The molecule has 0 N–H and O–H groups in total. The average Bonchev–Trinajstić information content (AvgIpc) is 3.12. The highest BCUT2D eigenvalue weighted by molar-refractivity contribution is 5.75. The fourth-order valence-electron chi connectivity index (χ4n) is 4.22. The van der Waals surface area contributed by atoms with Gasteiger partial charge in [-0.1, -0.05) is 55.5 Å². The Morgan fingerprint density at radius 3 is 2.70 bits per heavy atom. The van der Waals surface area contributed by atoms with Crippen molar-refractivity contribution in [1.82, 2.24) is 4.90 Å². The van der Waals surface area contributed by atoms with E-state index in [9.17, 15) is 4.79 Å². The molecule has 3 nitrogen and oxygen atoms in total. The van der Waals surface area contributed by atoms with Crippen molar-refractivity contribution in [2.45, 2.75) is 58.4 Å². The molecule has 2 aliphatic rings. The summed E-state index contributed by atoms with van der Waals surface area (Å²) in [6.07, 6.45) is 13.1. The molecule has 3 heteroatoms. The van der Waals surface area contributed by atoms with Gasteiger partial charge >= 0.3 is 5.97 Å². The number of rotatable bonds is 8. The minimum Gasteiger partial charge on any atom is -0.466 e. The lowest BCUT2D eigenvalue weighted by Gasteiger charge is -2.35. The molecule has 0 radical (unpaired) electrons. The van der Waals surface area contributed by atoms with Gasteiger partial charge in [-0.3, -0.25) is 4.79 Å². The van der Waals surface area contributed by atoms with Gasteiger partial charge in [0.25, 0.3) is 0 Å². The second-order valence-corrected chi connectivity index (χ2v) is 8.03. The molecule has 2 atom stereocenters. The second kappa shape index (κ2) is 9.36. The van der Waals surface area contributed by atoms with Gasteiger partial charge in [0.2, 0.25) is 0 Å². The highest BCUT2D eigenvalue weighted by atomic mass is 16.5. The number of esters is 1. The van der Waals surface area contributed by atoms with Crippen LogP contribution in [-0.4, -0.2) is 36.6 Å². The maximum absolute atomic E-state index is 11.5. The van der Waals surface area contributed by atoms with Crippen LogP contribution in [-0.2, 0) is 9.53 Å². The Morgan fingerprint density at radius 2 is 2.07 bits per heavy atom. The molecule has 0 saturated carbocycles. The summed E-state index contributed by atoms with van der Waals surface area (Å²) in [4.78, 5) is 14.2. The first-order valence-electron chi connectivity index (χ1n) is 10.5. The van der Waals surface area contributed by atoms with Gasteiger partial charge < -0.3 is 9.64 Å². The van der Waals surface area contributed by atoms with E-state index in [1.807, 2.05) is 6.92 Å². The van der Waals surface area contributed by atoms with Crippen LogP contribution in [0.15, 0.2) is 48.6 Å². The normalized spacial score (nSPS) is 25.4. The molecule has 27 heavy (non-hydrogen) atoms. The Morgan fingerprint density at radius 1 is 1.26 bits per heavy atom. The first kappa shape index (κ1) is 19.9. The number of likely N-dealkylation sites (tertiary alicyclic amines) is 1. The molecule has 1 fully saturated rings. The van der Waals surface area contributed by atoms with Gasteiger partial charge in [-0.05, 0) is 68.7 Å². The standard InChI is InChI=1S/C24H33NO2/c1-3-23(26)27-19-16-24(15-18-25-17-7-8-20(25)2)13-11-22(12-14-24)21-9-5-4-6-10-21/h4-6,9-13,20H,3,7-8,14-19H2,1-2H3/t20-,24?/m1/s1. The number of benzene rings is 1. The van der Waals surface area contributed by atoms with Gasteiger partial charge in [-0.2, -0.15) is 0 Å². The van der Waals surface area contributed by atoms with Crippen molar-refractivity contribution in [3.8, 4) is 0 Å². The van der Waals surface area contributed by atoms with E-state index in [2.05, 4.69) is 60.4 Å². The average molecular weight is 368 g/mol. The molecular formula is C24H33NO2. The molecule has 1 aliphatic heterocycles. The quantitative estimate of drug-likeness (QED) is 0.589. The lowest BCUT2D eigenvalue weighted by molar-refractivity contribution is -0.143. The lowest BCUT2D eigenvalue weighted by atomic mass is 9.74. The molecule has 1 unspecified atom stereocenters. The third-order valence-corrected chi connectivity index (χ3v) is 6.19. The fraction of sp³-hybridized carbons (Fsp3) is 0.542. The third-order valence-electron chi connectivity index (χ3n) is 6.19. The van der Waals surface area contributed by atoms with E-state index in [4.69, 9.17) is 4.74 Å². The van der Waals surface area contributed by atoms with E-state index >= 15 is 0 Å². The topological polar surface area (TPSA) is 29.5 Å². The van der Waals surface area contributed by atoms with E-state index < -0.39 is 0 Å². The van der Waals surface area contributed by atoms with Crippen LogP contribution in [0.4, 0.5) is 0 Å². The van der Waals surface area contributed by atoms with Gasteiger partial charge in [0.1, 0.15) is 0 Å². The third kappa shape index (κ3) is 5.32. The second-order valence-electron chi connectivity index (χ2n) is 8.03. The van der Waals surface area contributed by atoms with Crippen molar-refractivity contribution in [2.24, 2.45) is 5.41 Å². The molecule has 0 aromatic heterocycles. The first-order chi connectivity index (χ1) is 13.1. The minimum absolute atomic E-state index is 0.0919. The molecule has 146 valence electrons. The molecular weight excluding hydrogens is 334 g/mol. The van der Waals surface area contributed by atoms with E-state index in [1.54, 1.807) is 0 Å². The van der Waals surface area contributed by atoms with Gasteiger partial charge in [0, 0.05) is 12.5 Å². The summed E-state index contributed by atoms with van der Waals surface area (Å²) in [5, 5.41) is 0. The molecule has 3 rings (SSSR count). The van der Waals surface area contributed by atoms with Crippen LogP contribution in [0.25, 0.3) is 5.57 Å². The molecule has 1 aromatic carbocycles. The number of nitrogens with zero attached hydrogens (tertiary/aromatic N) is 1. The summed E-state index contributed by atoms with van der Waals surface area (Å²) in [6, 6.07) is 11.3. The maximum Gasteiger partial charge on any atom is 0.305 e. The van der Waals surface area contributed by atoms with Crippen molar-refractivity contribution in [3.05, 3.63) is 54.1 Å². The number of hydrogen-bond donors (Lipinski definition) is 0. The summed E-state index contributed by atoms with van der Waals surface area (Å²) >= 11 is 0. The predicted octanol–water partition coefficient (Wildman–Crippen LogP) is 5.23. The number of hydrogen-bond acceptors (Lipinski definition) is 3. The molecule has 1 aliphatic carbocycles. The molecule has 1 heterocycles. The fourth-order valence-corrected chi connectivity index (χ4v) is 4.22. The van der Waals surface area contributed by atoms with Crippen LogP contribution in [0.1, 0.15) is 57.9 Å². The van der Waals surface area contributed by atoms with Gasteiger partial charge in [-0.25, -0.2) is 0 Å². The van der Waals surface area contributed by atoms with Gasteiger partial charge in [0.05, 0.1) is 6.61 Å². The minimum atomic E-state index is -0.0985. The van der Waals surface area contributed by atoms with Crippen molar-refractivity contribution in [1.29, 1.82) is 0 Å². The van der Waals surface area contributed by atoms with Crippen molar-refractivity contribution >= 4 is 11.5 Å². The Labute approximate surface area is 164 Å². The maximum atomic E-state index is 11.5. The molecule has 0 bridgehead atoms. The number of carbonyl (C=O) groups is 1. The summed E-state index contributed by atoms with van der Waals surface area (Å²) < 4.78 is 5.42. The van der Waals surface area contributed by atoms with Crippen LogP contribution < -0.4 is 0 Å². The highest BCUT2D eigenvalue weighted by Gasteiger charge is 2.31. The van der Waals surface area contributed by atoms with Crippen molar-refractivity contribution in [3.63, 3.8) is 0 Å². The highest BCUT2D eigenvalue weighted by Crippen LogP contribution is 2.39. The SMILES string of the molecule is CCC(=O)OCCC1(CCN2CCC[C@H]2C)C=CC(c2ccccc2)=CC1. The van der Waals surface area contributed by atoms with Crippen LogP contribution in [0.5, 0.6) is 0 Å². The molecule has 1 aromatic rings. The van der Waals surface area contributed by atoms with Crippen molar-refractivity contribution in [2.75, 3.05) is 19.7 Å². The zero-order valence-electron chi connectivity index (χ0n) is 16.8. The Hall–Kier alpha value is -1.87. The summed E-state index contributed by atoms with van der Waals surface area (Å²) in [6.45, 7) is 7.05. The Kier molecular flexibility index (Phi) is 6.89. The number of carbonyl (C=O) groups excluding carboxylic acids is 1. The summed E-state index contributed by atoms with van der Waals surface area (Å²) in [5.41, 5.74) is 2.66. The van der Waals surface area contributed by atoms with Crippen LogP contribution in [0.3, 0.4) is 0 Å². The van der Waals surface area contributed by atoms with Crippen LogP contribution in [0, 0.1) is 5.41 Å². The Balaban J connectivity index is 1.66. The molecule has 0 spiro atoms. The summed E-state index contributed by atoms with van der Waals surface area (Å²) in [5.74, 6) is -0.0985. The van der Waals surface area contributed by atoms with E-state index in [1.165, 1.54) is 30.5 Å². The number of ether oxygens (including phenoxy) is 1. The zero-order chi connectivity index (χ0) is 19.1. The van der Waals surface area contributed by atoms with Crippen LogP contribution in [0.2, 0.25) is 0 Å². The molecule has 0 amide bonds. The van der Waals surface area contributed by atoms with Gasteiger partial charge in [0.15, 0.2) is 0 Å². The zero-order valence-corrected chi connectivity index (χ0v) is 16.8. The first-order valence-corrected chi connectivity index (χ1v) is 10.5. The monoisotopic (exact) mass is 367 g/mol. The number of allylic oxidation sites excluding steroid dienone is 4. The lowest BCUT2D eigenvalue weighted by Crippen LogP contribution is -2.33. The van der Waals surface area contributed by atoms with E-state index in [0.29, 0.717) is 19.1 Å². The van der Waals surface area contributed by atoms with E-state index in [-0.39, 0.29) is 11.4 Å². The largest absolute Gasteiger partial charge is 0.466 e. The smallest absolute Gasteiger partial charge is 0.305 e. The summed E-state index contributed by atoms with van der Waals surface area (Å²) in [7, 11) is 0. The predicted molar refractivity (Wildman–Crippen MR) is 111 cm³/mol. The Bertz CT molecular complexity index is 679.